The van der Waals surface area contributed by atoms with E-state index in [2.05, 4.69) is 0 Å². The molecule has 2 fully saturated rings. The van der Waals surface area contributed by atoms with Crippen LogP contribution in [-0.2, 0) is 4.79 Å². The molecule has 1 saturated heterocycles. The van der Waals surface area contributed by atoms with E-state index < -0.39 is 5.97 Å². The van der Waals surface area contributed by atoms with Crippen molar-refractivity contribution in [1.29, 1.82) is 0 Å². The molecule has 0 bridgehead atoms. The first-order valence-corrected chi connectivity index (χ1v) is 6.82. The van der Waals surface area contributed by atoms with E-state index in [1.54, 1.807) is 0 Å². The summed E-state index contributed by atoms with van der Waals surface area (Å²) in [6, 6.07) is 0.106. The van der Waals surface area contributed by atoms with Crippen LogP contribution in [0.4, 0.5) is 0 Å². The lowest BCUT2D eigenvalue weighted by atomic mass is 9.89. The Labute approximate surface area is 94.8 Å². The highest BCUT2D eigenvalue weighted by molar-refractivity contribution is 8.00. The first-order valence-electron chi connectivity index (χ1n) is 5.77. The van der Waals surface area contributed by atoms with Gasteiger partial charge in [-0.25, -0.2) is 0 Å². The number of carbonyl (C=O) groups is 1. The monoisotopic (exact) mass is 229 g/mol. The van der Waals surface area contributed by atoms with Gasteiger partial charge >= 0.3 is 5.97 Å². The zero-order chi connectivity index (χ0) is 10.8. The van der Waals surface area contributed by atoms with E-state index in [0.717, 1.165) is 11.7 Å². The standard InChI is InChI=1S/C11H19NO2S/c12-10-8(5-9(13)14)6-15-11(10)7-3-1-2-4-7/h7-8,10-11H,1-6,12H2,(H,13,14). The Bertz CT molecular complexity index is 241. The molecule has 4 heteroatoms. The van der Waals surface area contributed by atoms with E-state index in [0.29, 0.717) is 5.25 Å². The Hall–Kier alpha value is -0.220. The largest absolute Gasteiger partial charge is 0.481 e. The summed E-state index contributed by atoms with van der Waals surface area (Å²) in [4.78, 5) is 10.7. The molecule has 1 saturated carbocycles. The number of aliphatic carboxylic acids is 1. The lowest BCUT2D eigenvalue weighted by Crippen LogP contribution is -2.38. The van der Waals surface area contributed by atoms with Crippen molar-refractivity contribution < 1.29 is 9.90 Å². The molecular formula is C11H19NO2S. The molecule has 2 aliphatic rings. The number of rotatable bonds is 3. The predicted molar refractivity (Wildman–Crippen MR) is 61.9 cm³/mol. The Morgan fingerprint density at radius 1 is 1.40 bits per heavy atom. The van der Waals surface area contributed by atoms with Crippen LogP contribution in [0, 0.1) is 11.8 Å². The molecule has 0 spiro atoms. The number of carboxylic acid groups (broad SMARTS) is 1. The lowest BCUT2D eigenvalue weighted by Gasteiger charge is -2.23. The molecule has 3 nitrogen and oxygen atoms in total. The summed E-state index contributed by atoms with van der Waals surface area (Å²) in [6.45, 7) is 0. The van der Waals surface area contributed by atoms with Crippen molar-refractivity contribution >= 4 is 17.7 Å². The third kappa shape index (κ3) is 2.48. The highest BCUT2D eigenvalue weighted by Crippen LogP contribution is 2.42. The van der Waals surface area contributed by atoms with E-state index >= 15 is 0 Å². The third-order valence-corrected chi connectivity index (χ3v) is 5.43. The summed E-state index contributed by atoms with van der Waals surface area (Å²) in [6.07, 6.45) is 5.50. The Balaban J connectivity index is 1.91. The van der Waals surface area contributed by atoms with Crippen molar-refractivity contribution in [2.45, 2.75) is 43.4 Å². The molecule has 1 aliphatic carbocycles. The van der Waals surface area contributed by atoms with Crippen molar-refractivity contribution in [2.75, 3.05) is 5.75 Å². The maximum absolute atomic E-state index is 10.7. The van der Waals surface area contributed by atoms with Gasteiger partial charge in [-0.1, -0.05) is 12.8 Å². The SMILES string of the molecule is NC1C(CC(=O)O)CSC1C1CCCC1. The van der Waals surface area contributed by atoms with Gasteiger partial charge in [0, 0.05) is 11.3 Å². The van der Waals surface area contributed by atoms with E-state index in [9.17, 15) is 4.79 Å². The number of hydrogen-bond donors (Lipinski definition) is 2. The first-order chi connectivity index (χ1) is 7.18. The van der Waals surface area contributed by atoms with Crippen molar-refractivity contribution in [1.82, 2.24) is 0 Å². The zero-order valence-electron chi connectivity index (χ0n) is 8.89. The van der Waals surface area contributed by atoms with Crippen LogP contribution < -0.4 is 5.73 Å². The summed E-state index contributed by atoms with van der Waals surface area (Å²) in [5.74, 6) is 1.18. The van der Waals surface area contributed by atoms with Crippen LogP contribution in [0.25, 0.3) is 0 Å². The second kappa shape index (κ2) is 4.74. The van der Waals surface area contributed by atoms with Gasteiger partial charge in [0.25, 0.3) is 0 Å². The minimum Gasteiger partial charge on any atom is -0.481 e. The van der Waals surface area contributed by atoms with Crippen LogP contribution in [0.1, 0.15) is 32.1 Å². The molecule has 3 atom stereocenters. The molecule has 0 aromatic rings. The van der Waals surface area contributed by atoms with Crippen molar-refractivity contribution in [3.63, 3.8) is 0 Å². The topological polar surface area (TPSA) is 63.3 Å². The van der Waals surface area contributed by atoms with E-state index in [1.165, 1.54) is 25.7 Å². The lowest BCUT2D eigenvalue weighted by molar-refractivity contribution is -0.138. The number of nitrogens with two attached hydrogens (primary N) is 1. The average molecular weight is 229 g/mol. The molecular weight excluding hydrogens is 210 g/mol. The molecule has 3 N–H and O–H groups in total. The van der Waals surface area contributed by atoms with Gasteiger partial charge in [0.2, 0.25) is 0 Å². The molecule has 1 aliphatic heterocycles. The maximum Gasteiger partial charge on any atom is 0.303 e. The quantitative estimate of drug-likeness (QED) is 0.773. The fourth-order valence-electron chi connectivity index (χ4n) is 2.88. The van der Waals surface area contributed by atoms with Crippen LogP contribution in [0.15, 0.2) is 0 Å². The van der Waals surface area contributed by atoms with Crippen LogP contribution in [-0.4, -0.2) is 28.1 Å². The van der Waals surface area contributed by atoms with Crippen LogP contribution in [0.5, 0.6) is 0 Å². The average Bonchev–Trinajstić information content (AvgIpc) is 2.76. The van der Waals surface area contributed by atoms with Crippen molar-refractivity contribution in [3.05, 3.63) is 0 Å². The zero-order valence-corrected chi connectivity index (χ0v) is 9.71. The molecule has 0 aromatic heterocycles. The Kier molecular flexibility index (Phi) is 3.57. The van der Waals surface area contributed by atoms with Gasteiger partial charge in [-0.2, -0.15) is 11.8 Å². The van der Waals surface area contributed by atoms with Crippen LogP contribution in [0.3, 0.4) is 0 Å². The molecule has 0 aromatic carbocycles. The highest BCUT2D eigenvalue weighted by Gasteiger charge is 2.40. The summed E-state index contributed by atoms with van der Waals surface area (Å²) < 4.78 is 0. The minimum atomic E-state index is -0.705. The Morgan fingerprint density at radius 3 is 2.67 bits per heavy atom. The summed E-state index contributed by atoms with van der Waals surface area (Å²) >= 11 is 1.91. The van der Waals surface area contributed by atoms with Crippen molar-refractivity contribution in [3.8, 4) is 0 Å². The first kappa shape index (κ1) is 11.3. The van der Waals surface area contributed by atoms with Gasteiger partial charge in [0.1, 0.15) is 0 Å². The molecule has 0 amide bonds. The van der Waals surface area contributed by atoms with Gasteiger partial charge in [0.05, 0.1) is 6.42 Å². The summed E-state index contributed by atoms with van der Waals surface area (Å²) in [5, 5.41) is 9.30. The van der Waals surface area contributed by atoms with Crippen LogP contribution in [0.2, 0.25) is 0 Å². The van der Waals surface area contributed by atoms with Gasteiger partial charge in [0.15, 0.2) is 0 Å². The van der Waals surface area contributed by atoms with Gasteiger partial charge in [-0.3, -0.25) is 4.79 Å². The van der Waals surface area contributed by atoms with Crippen molar-refractivity contribution in [2.24, 2.45) is 17.6 Å². The third-order valence-electron chi connectivity index (χ3n) is 3.73. The fraction of sp³-hybridized carbons (Fsp3) is 0.909. The molecule has 0 radical (unpaired) electrons. The number of carboxylic acids is 1. The second-order valence-corrected chi connectivity index (χ2v) is 5.99. The molecule has 86 valence electrons. The van der Waals surface area contributed by atoms with Gasteiger partial charge in [-0.15, -0.1) is 0 Å². The predicted octanol–water partition coefficient (Wildman–Crippen LogP) is 1.71. The Morgan fingerprint density at radius 2 is 2.07 bits per heavy atom. The minimum absolute atomic E-state index is 0.106. The van der Waals surface area contributed by atoms with E-state index in [1.807, 2.05) is 11.8 Å². The van der Waals surface area contributed by atoms with E-state index in [4.69, 9.17) is 10.8 Å². The second-order valence-electron chi connectivity index (χ2n) is 4.78. The number of hydrogen-bond acceptors (Lipinski definition) is 3. The smallest absolute Gasteiger partial charge is 0.303 e. The van der Waals surface area contributed by atoms with E-state index in [-0.39, 0.29) is 18.4 Å². The molecule has 3 unspecified atom stereocenters. The molecule has 1 heterocycles. The molecule has 15 heavy (non-hydrogen) atoms. The van der Waals surface area contributed by atoms with Gasteiger partial charge < -0.3 is 10.8 Å². The normalized spacial score (nSPS) is 37.3. The van der Waals surface area contributed by atoms with Gasteiger partial charge in [-0.05, 0) is 30.4 Å². The summed E-state index contributed by atoms with van der Waals surface area (Å²) in [5.41, 5.74) is 6.17. The fourth-order valence-corrected chi connectivity index (χ4v) is 4.68. The summed E-state index contributed by atoms with van der Waals surface area (Å²) in [7, 11) is 0. The molecule has 2 rings (SSSR count). The maximum atomic E-state index is 10.7. The van der Waals surface area contributed by atoms with Crippen LogP contribution >= 0.6 is 11.8 Å². The highest BCUT2D eigenvalue weighted by atomic mass is 32.2. The number of thioether (sulfide) groups is 1.